The molecule has 2 aliphatic rings. The van der Waals surface area contributed by atoms with E-state index in [0.717, 1.165) is 23.7 Å². The molecule has 0 spiro atoms. The van der Waals surface area contributed by atoms with E-state index in [4.69, 9.17) is 4.74 Å². The Hall–Kier alpha value is -3.09. The third kappa shape index (κ3) is 4.88. The maximum absolute atomic E-state index is 13.3. The number of likely N-dealkylation sites (tertiary alicyclic amines) is 1. The zero-order chi connectivity index (χ0) is 24.2. The second-order valence-electron chi connectivity index (χ2n) is 9.33. The first-order valence-electron chi connectivity index (χ1n) is 12.0. The van der Waals surface area contributed by atoms with Crippen LogP contribution in [0.5, 0.6) is 5.75 Å². The summed E-state index contributed by atoms with van der Waals surface area (Å²) in [5, 5.41) is 27.4. The number of rotatable bonds is 9. The Kier molecular flexibility index (Phi) is 7.39. The molecule has 0 aliphatic carbocycles. The number of hydrogen-bond acceptors (Lipinski definition) is 6. The smallest absolute Gasteiger partial charge is 0.238 e. The van der Waals surface area contributed by atoms with Crippen molar-refractivity contribution in [3.8, 4) is 11.8 Å². The molecule has 1 unspecified atom stereocenters. The number of carbonyl (C=O) groups is 2. The lowest BCUT2D eigenvalue weighted by Crippen LogP contribution is -2.48. The van der Waals surface area contributed by atoms with E-state index < -0.39 is 18.3 Å². The van der Waals surface area contributed by atoms with Gasteiger partial charge in [-0.1, -0.05) is 19.4 Å². The van der Waals surface area contributed by atoms with Gasteiger partial charge in [0.15, 0.2) is 0 Å². The Bertz CT molecular complexity index is 1080. The lowest BCUT2D eigenvalue weighted by Gasteiger charge is -2.29. The van der Waals surface area contributed by atoms with Crippen LogP contribution in [0.3, 0.4) is 0 Å². The minimum atomic E-state index is -1.00. The Balaban J connectivity index is 1.52. The molecule has 34 heavy (non-hydrogen) atoms. The van der Waals surface area contributed by atoms with Crippen LogP contribution >= 0.6 is 0 Å². The van der Waals surface area contributed by atoms with Crippen LogP contribution in [0.25, 0.3) is 10.9 Å². The number of aromatic nitrogens is 1. The third-order valence-electron chi connectivity index (χ3n) is 7.04. The number of hydrogen-bond donors (Lipinski definition) is 4. The summed E-state index contributed by atoms with van der Waals surface area (Å²) in [6.07, 6.45) is 2.52. The molecule has 0 radical (unpaired) electrons. The molecule has 182 valence electrons. The van der Waals surface area contributed by atoms with E-state index in [9.17, 15) is 20.0 Å². The number of carbonyl (C=O) groups excluding carboxylic acids is 2. The summed E-state index contributed by atoms with van der Waals surface area (Å²) >= 11 is 0. The number of aliphatic hydroxyl groups is 1. The molecule has 2 aliphatic heterocycles. The highest BCUT2D eigenvalue weighted by atomic mass is 16.5. The number of benzene rings is 1. The number of nitrogens with zero attached hydrogens (tertiary/aromatic N) is 2. The number of aliphatic hydroxyl groups excluding tert-OH is 1. The Morgan fingerprint density at radius 3 is 2.94 bits per heavy atom. The number of methoxy groups -OCH3 is 1. The largest absolute Gasteiger partial charge is 0.496 e. The monoisotopic (exact) mass is 467 g/mol. The van der Waals surface area contributed by atoms with Gasteiger partial charge in [-0.2, -0.15) is 5.26 Å². The molecule has 2 saturated heterocycles. The fraction of sp³-hybridized carbons (Fsp3) is 0.560. The fourth-order valence-electron chi connectivity index (χ4n) is 5.31. The van der Waals surface area contributed by atoms with Crippen molar-refractivity contribution in [2.24, 2.45) is 11.8 Å². The van der Waals surface area contributed by atoms with E-state index in [0.29, 0.717) is 43.8 Å². The Morgan fingerprint density at radius 1 is 1.44 bits per heavy atom. The van der Waals surface area contributed by atoms with Crippen molar-refractivity contribution in [2.45, 2.75) is 57.3 Å². The Labute approximate surface area is 199 Å². The number of amides is 2. The summed E-state index contributed by atoms with van der Waals surface area (Å²) < 4.78 is 5.43. The number of nitriles is 1. The predicted molar refractivity (Wildman–Crippen MR) is 127 cm³/mol. The second kappa shape index (κ2) is 10.5. The minimum Gasteiger partial charge on any atom is -0.496 e. The van der Waals surface area contributed by atoms with E-state index in [1.807, 2.05) is 29.2 Å². The van der Waals surface area contributed by atoms with Crippen LogP contribution in [0.1, 0.15) is 50.9 Å². The summed E-state index contributed by atoms with van der Waals surface area (Å²) in [6.45, 7) is 3.30. The number of ether oxygens (including phenoxy) is 1. The first kappa shape index (κ1) is 24.0. The SMILES string of the molecule is CCC[C@@H]1C[C@@H](C(=O)N[C@H](C#N)C[C@@H]2CCNC2=O)N(C(O)c2cc3c(OC)cccc3[nH]2)C1. The first-order valence-corrected chi connectivity index (χ1v) is 12.0. The standard InChI is InChI=1S/C25H33N5O4/c1-3-5-15-10-21(24(32)28-17(13-26)11-16-8-9-27-23(16)31)30(14-15)25(33)20-12-18-19(29-20)6-4-7-22(18)34-2/h4,6-7,12,15-17,21,25,29,33H,3,5,8-11,14H2,1-2H3,(H,27,31)(H,28,32)/t15-,16+,17+,21+,25?/m1/s1. The first-order chi connectivity index (χ1) is 16.4. The minimum absolute atomic E-state index is 0.0651. The topological polar surface area (TPSA) is 130 Å². The summed E-state index contributed by atoms with van der Waals surface area (Å²) in [5.74, 6) is 0.375. The molecule has 1 aromatic heterocycles. The average molecular weight is 468 g/mol. The van der Waals surface area contributed by atoms with Gasteiger partial charge in [-0.05, 0) is 49.8 Å². The quantitative estimate of drug-likeness (QED) is 0.447. The number of aromatic amines is 1. The number of fused-ring (bicyclic) bond motifs is 1. The molecule has 9 heteroatoms. The molecule has 0 bridgehead atoms. The molecule has 1 aromatic carbocycles. The van der Waals surface area contributed by atoms with E-state index in [-0.39, 0.29) is 23.7 Å². The maximum atomic E-state index is 13.3. The third-order valence-corrected chi connectivity index (χ3v) is 7.04. The van der Waals surface area contributed by atoms with Crippen LogP contribution in [0.2, 0.25) is 0 Å². The fourth-order valence-corrected chi connectivity index (χ4v) is 5.31. The second-order valence-corrected chi connectivity index (χ2v) is 9.33. The van der Waals surface area contributed by atoms with Gasteiger partial charge in [0.05, 0.1) is 24.9 Å². The van der Waals surface area contributed by atoms with Crippen molar-refractivity contribution in [1.29, 1.82) is 5.26 Å². The van der Waals surface area contributed by atoms with Crippen LogP contribution < -0.4 is 15.4 Å². The van der Waals surface area contributed by atoms with Crippen LogP contribution in [-0.4, -0.2) is 59.1 Å². The predicted octanol–water partition coefficient (Wildman–Crippen LogP) is 2.19. The van der Waals surface area contributed by atoms with Crippen molar-refractivity contribution in [1.82, 2.24) is 20.5 Å². The van der Waals surface area contributed by atoms with Crippen molar-refractivity contribution in [3.63, 3.8) is 0 Å². The highest BCUT2D eigenvalue weighted by Gasteiger charge is 2.41. The van der Waals surface area contributed by atoms with Crippen LogP contribution in [0.4, 0.5) is 0 Å². The lowest BCUT2D eigenvalue weighted by molar-refractivity contribution is -0.130. The number of nitrogens with one attached hydrogen (secondary N) is 3. The number of H-pyrrole nitrogens is 1. The van der Waals surface area contributed by atoms with Gasteiger partial charge in [0.1, 0.15) is 18.0 Å². The molecule has 2 fully saturated rings. The molecular weight excluding hydrogens is 434 g/mol. The van der Waals surface area contributed by atoms with Gasteiger partial charge in [-0.15, -0.1) is 0 Å². The van der Waals surface area contributed by atoms with Crippen molar-refractivity contribution in [3.05, 3.63) is 30.0 Å². The molecule has 9 nitrogen and oxygen atoms in total. The molecule has 4 N–H and O–H groups in total. The summed E-state index contributed by atoms with van der Waals surface area (Å²) in [4.78, 5) is 30.3. The van der Waals surface area contributed by atoms with Gasteiger partial charge in [-0.3, -0.25) is 14.5 Å². The molecule has 0 saturated carbocycles. The highest BCUT2D eigenvalue weighted by Crippen LogP contribution is 2.35. The molecule has 3 heterocycles. The van der Waals surface area contributed by atoms with Crippen molar-refractivity contribution < 1.29 is 19.4 Å². The summed E-state index contributed by atoms with van der Waals surface area (Å²) in [6, 6.07) is 8.34. The van der Waals surface area contributed by atoms with Crippen LogP contribution in [0, 0.1) is 23.2 Å². The lowest BCUT2D eigenvalue weighted by atomic mass is 9.98. The summed E-state index contributed by atoms with van der Waals surface area (Å²) in [7, 11) is 1.61. The molecule has 5 atom stereocenters. The van der Waals surface area contributed by atoms with E-state index in [1.54, 1.807) is 7.11 Å². The summed E-state index contributed by atoms with van der Waals surface area (Å²) in [5.41, 5.74) is 1.44. The van der Waals surface area contributed by atoms with Gasteiger partial charge in [0.2, 0.25) is 11.8 Å². The van der Waals surface area contributed by atoms with E-state index in [2.05, 4.69) is 28.6 Å². The average Bonchev–Trinajstić information content (AvgIpc) is 3.56. The van der Waals surface area contributed by atoms with Crippen molar-refractivity contribution >= 4 is 22.7 Å². The van der Waals surface area contributed by atoms with Gasteiger partial charge < -0.3 is 25.5 Å². The molecular formula is C25H33N5O4. The van der Waals surface area contributed by atoms with Gasteiger partial charge >= 0.3 is 0 Å². The van der Waals surface area contributed by atoms with E-state index >= 15 is 0 Å². The highest BCUT2D eigenvalue weighted by molar-refractivity contribution is 5.87. The Morgan fingerprint density at radius 2 is 2.26 bits per heavy atom. The normalized spacial score (nSPS) is 24.5. The molecule has 4 rings (SSSR count). The van der Waals surface area contributed by atoms with Crippen molar-refractivity contribution in [2.75, 3.05) is 20.2 Å². The zero-order valence-corrected chi connectivity index (χ0v) is 19.7. The van der Waals surface area contributed by atoms with Gasteiger partial charge in [-0.25, -0.2) is 0 Å². The van der Waals surface area contributed by atoms with E-state index in [1.165, 1.54) is 0 Å². The molecule has 2 aromatic rings. The molecule has 2 amide bonds. The van der Waals surface area contributed by atoms with Crippen LogP contribution in [0.15, 0.2) is 24.3 Å². The van der Waals surface area contributed by atoms with Crippen LogP contribution in [-0.2, 0) is 9.59 Å². The van der Waals surface area contributed by atoms with Gasteiger partial charge in [0, 0.05) is 29.9 Å². The van der Waals surface area contributed by atoms with Gasteiger partial charge in [0.25, 0.3) is 0 Å². The zero-order valence-electron chi connectivity index (χ0n) is 19.7. The maximum Gasteiger partial charge on any atom is 0.238 e.